The van der Waals surface area contributed by atoms with E-state index in [9.17, 15) is 49.3 Å². The van der Waals surface area contributed by atoms with Crippen LogP contribution in [0.1, 0.15) is 79.6 Å². The van der Waals surface area contributed by atoms with Crippen molar-refractivity contribution in [2.45, 2.75) is 140 Å². The summed E-state index contributed by atoms with van der Waals surface area (Å²) in [5.74, 6) is -1.94. The third-order valence-corrected chi connectivity index (χ3v) is 14.1. The van der Waals surface area contributed by atoms with Gasteiger partial charge in [0.2, 0.25) is 0 Å². The highest BCUT2D eigenvalue weighted by molar-refractivity contribution is 7.80. The van der Waals surface area contributed by atoms with Crippen LogP contribution >= 0.6 is 0 Å². The summed E-state index contributed by atoms with van der Waals surface area (Å²) in [6.07, 6.45) is -7.46. The lowest BCUT2D eigenvalue weighted by Crippen LogP contribution is -2.71. The van der Waals surface area contributed by atoms with Gasteiger partial charge in [0.05, 0.1) is 49.3 Å². The molecule has 0 aromatic heterocycles. The summed E-state index contributed by atoms with van der Waals surface area (Å²) in [4.78, 5) is 0. The first-order valence-electron chi connectivity index (χ1n) is 17.5. The largest absolute Gasteiger partial charge is 0.397 e. The molecule has 1 heterocycles. The highest BCUT2D eigenvalue weighted by Crippen LogP contribution is 2.69. The first kappa shape index (κ1) is 38.7. The second-order valence-electron chi connectivity index (χ2n) is 16.6. The van der Waals surface area contributed by atoms with E-state index in [-0.39, 0.29) is 42.6 Å². The van der Waals surface area contributed by atoms with Crippen molar-refractivity contribution in [3.05, 3.63) is 0 Å². The van der Waals surface area contributed by atoms with Crippen molar-refractivity contribution in [3.63, 3.8) is 0 Å². The van der Waals surface area contributed by atoms with Crippen LogP contribution in [0.2, 0.25) is 0 Å². The fourth-order valence-electron chi connectivity index (χ4n) is 11.3. The van der Waals surface area contributed by atoms with E-state index in [0.29, 0.717) is 38.5 Å². The summed E-state index contributed by atoms with van der Waals surface area (Å²) in [7, 11) is -4.76. The van der Waals surface area contributed by atoms with Crippen LogP contribution in [0.5, 0.6) is 0 Å². The molecule has 15 heteroatoms. The highest BCUT2D eigenvalue weighted by Gasteiger charge is 2.73. The van der Waals surface area contributed by atoms with E-state index in [1.807, 2.05) is 34.6 Å². The van der Waals surface area contributed by atoms with E-state index in [1.165, 1.54) is 0 Å². The van der Waals surface area contributed by atoms with Crippen LogP contribution in [0, 0.1) is 52.3 Å². The predicted molar refractivity (Wildman–Crippen MR) is 169 cm³/mol. The molecule has 0 radical (unpaired) electrons. The Morgan fingerprint density at radius 1 is 0.833 bits per heavy atom. The standard InChI is InChI=1S/C33H58O14S/c1-15(2)17(13-45-30-28(40)25(37)20(47-30)14-46-48(42,43)44)7-6-16(3)22-26(38)27(39)29-32(22,5)11-9-21-31(4)10-8-18(34)24(36)23(31)19(35)12-33(21,29)41/h15-30,34-41H,6-14H2,1-5H3,(H,42,43,44). The predicted octanol–water partition coefficient (Wildman–Crippen LogP) is -0.0245. The first-order chi connectivity index (χ1) is 22.2. The number of fused-ring (bicyclic) bond motifs is 5. The fourth-order valence-corrected chi connectivity index (χ4v) is 11.6. The molecule has 0 spiro atoms. The van der Waals surface area contributed by atoms with Gasteiger partial charge in [-0.3, -0.25) is 4.55 Å². The van der Waals surface area contributed by atoms with Gasteiger partial charge in [-0.25, -0.2) is 4.18 Å². The van der Waals surface area contributed by atoms with Crippen molar-refractivity contribution in [1.29, 1.82) is 0 Å². The zero-order chi connectivity index (χ0) is 35.7. The third kappa shape index (κ3) is 6.63. The average molecular weight is 711 g/mol. The van der Waals surface area contributed by atoms with Gasteiger partial charge in [0, 0.05) is 18.3 Å². The summed E-state index contributed by atoms with van der Waals surface area (Å²) in [6, 6.07) is 0. The van der Waals surface area contributed by atoms with Crippen LogP contribution in [0.25, 0.3) is 0 Å². The summed E-state index contributed by atoms with van der Waals surface area (Å²) in [5, 5.41) is 89.1. The molecule has 14 nitrogen and oxygen atoms in total. The minimum atomic E-state index is -4.76. The lowest BCUT2D eigenvalue weighted by atomic mass is 9.41. The van der Waals surface area contributed by atoms with Gasteiger partial charge < -0.3 is 50.3 Å². The third-order valence-electron chi connectivity index (χ3n) is 13.6. The van der Waals surface area contributed by atoms with Crippen molar-refractivity contribution in [3.8, 4) is 0 Å². The van der Waals surface area contributed by atoms with E-state index in [4.69, 9.17) is 14.0 Å². The van der Waals surface area contributed by atoms with Crippen LogP contribution in [0.15, 0.2) is 0 Å². The van der Waals surface area contributed by atoms with Gasteiger partial charge in [-0.05, 0) is 78.9 Å². The first-order valence-corrected chi connectivity index (χ1v) is 18.9. The van der Waals surface area contributed by atoms with Crippen molar-refractivity contribution < 1.29 is 67.5 Å². The van der Waals surface area contributed by atoms with Crippen LogP contribution < -0.4 is 0 Å². The topological polar surface area (TPSA) is 244 Å². The number of ether oxygens (including phenoxy) is 2. The fraction of sp³-hybridized carbons (Fsp3) is 1.00. The number of aliphatic hydroxyl groups is 8. The smallest absolute Gasteiger partial charge is 0.393 e. The highest BCUT2D eigenvalue weighted by atomic mass is 32.3. The Bertz CT molecular complexity index is 1240. The van der Waals surface area contributed by atoms with Crippen molar-refractivity contribution in [2.24, 2.45) is 52.3 Å². The number of aliphatic hydroxyl groups excluding tert-OH is 7. The SMILES string of the molecule is CC(C)C(CCC(C)C1C(O)C(O)C2C1(C)CCC1C3(C)CCC(O)C(O)C3C(O)CC12O)COC1OC(COS(=O)(=O)O)C(O)C1O. The summed E-state index contributed by atoms with van der Waals surface area (Å²) in [6.45, 7) is 9.54. The van der Waals surface area contributed by atoms with Crippen molar-refractivity contribution >= 4 is 10.4 Å². The molecule has 18 unspecified atom stereocenters. The second-order valence-corrected chi connectivity index (χ2v) is 17.7. The maximum Gasteiger partial charge on any atom is 0.397 e. The molecule has 0 bridgehead atoms. The van der Waals surface area contributed by atoms with E-state index < -0.39 is 100 Å². The molecule has 9 N–H and O–H groups in total. The molecule has 1 saturated heterocycles. The van der Waals surface area contributed by atoms with Crippen LogP contribution in [0.4, 0.5) is 0 Å². The van der Waals surface area contributed by atoms with Crippen LogP contribution in [0.3, 0.4) is 0 Å². The Kier molecular flexibility index (Phi) is 11.1. The number of hydrogen-bond acceptors (Lipinski definition) is 13. The molecule has 0 aromatic carbocycles. The van der Waals surface area contributed by atoms with Crippen molar-refractivity contribution in [2.75, 3.05) is 13.2 Å². The monoisotopic (exact) mass is 710 g/mol. The molecule has 5 rings (SSSR count). The molecule has 0 amide bonds. The van der Waals surface area contributed by atoms with E-state index in [0.717, 1.165) is 0 Å². The molecule has 280 valence electrons. The minimum absolute atomic E-state index is 0.0287. The van der Waals surface area contributed by atoms with Crippen molar-refractivity contribution in [1.82, 2.24) is 0 Å². The maximum absolute atomic E-state index is 12.5. The normalized spacial score (nSPS) is 50.5. The van der Waals surface area contributed by atoms with Crippen LogP contribution in [-0.2, 0) is 24.1 Å². The minimum Gasteiger partial charge on any atom is -0.393 e. The molecule has 48 heavy (non-hydrogen) atoms. The Morgan fingerprint density at radius 2 is 1.48 bits per heavy atom. The zero-order valence-electron chi connectivity index (χ0n) is 28.6. The summed E-state index contributed by atoms with van der Waals surface area (Å²) < 4.78 is 46.3. The lowest BCUT2D eigenvalue weighted by molar-refractivity contribution is -0.280. The van der Waals surface area contributed by atoms with Gasteiger partial charge in [-0.2, -0.15) is 8.42 Å². The van der Waals surface area contributed by atoms with Gasteiger partial charge in [-0.1, -0.05) is 34.6 Å². The van der Waals surface area contributed by atoms with E-state index in [1.54, 1.807) is 0 Å². The van der Waals surface area contributed by atoms with Gasteiger partial charge >= 0.3 is 10.4 Å². The second kappa shape index (κ2) is 13.8. The summed E-state index contributed by atoms with van der Waals surface area (Å²) in [5.41, 5.74) is -2.76. The Morgan fingerprint density at radius 3 is 2.10 bits per heavy atom. The van der Waals surface area contributed by atoms with E-state index >= 15 is 0 Å². The molecular weight excluding hydrogens is 652 g/mol. The molecule has 5 aliphatic rings. The molecule has 1 aliphatic heterocycles. The zero-order valence-corrected chi connectivity index (χ0v) is 29.4. The molecule has 18 atom stereocenters. The average Bonchev–Trinajstić information content (AvgIpc) is 3.36. The van der Waals surface area contributed by atoms with Gasteiger partial charge in [0.15, 0.2) is 6.29 Å². The summed E-state index contributed by atoms with van der Waals surface area (Å²) >= 11 is 0. The Hall–Kier alpha value is -0.530. The Balaban J connectivity index is 1.26. The maximum atomic E-state index is 12.5. The van der Waals surface area contributed by atoms with Gasteiger partial charge in [0.25, 0.3) is 0 Å². The molecule has 0 aromatic rings. The van der Waals surface area contributed by atoms with Gasteiger partial charge in [-0.15, -0.1) is 0 Å². The number of rotatable bonds is 11. The molecule has 4 aliphatic carbocycles. The molecule has 5 fully saturated rings. The van der Waals surface area contributed by atoms with Gasteiger partial charge in [0.1, 0.15) is 18.3 Å². The molecule has 4 saturated carbocycles. The lowest BCUT2D eigenvalue weighted by Gasteiger charge is -2.66. The van der Waals surface area contributed by atoms with Crippen LogP contribution in [-0.4, -0.2) is 128 Å². The number of hydrogen-bond donors (Lipinski definition) is 9. The quantitative estimate of drug-likeness (QED) is 0.128. The van der Waals surface area contributed by atoms with E-state index in [2.05, 4.69) is 4.18 Å². The molecular formula is C33H58O14S. The Labute approximate surface area is 283 Å².